The number of para-hydroxylation sites is 1. The highest BCUT2D eigenvalue weighted by Crippen LogP contribution is 2.38. The van der Waals surface area contributed by atoms with Crippen molar-refractivity contribution >= 4 is 0 Å². The minimum absolute atomic E-state index is 0.174. The van der Waals surface area contributed by atoms with Gasteiger partial charge in [0.25, 0.3) is 0 Å². The Kier molecular flexibility index (Phi) is 4.15. The molecule has 0 spiro atoms. The molecule has 1 unspecified atom stereocenters. The van der Waals surface area contributed by atoms with Gasteiger partial charge in [-0.2, -0.15) is 0 Å². The zero-order chi connectivity index (χ0) is 14.7. The van der Waals surface area contributed by atoms with E-state index in [9.17, 15) is 10.2 Å². The molecule has 0 fully saturated rings. The first kappa shape index (κ1) is 14.2. The third kappa shape index (κ3) is 2.70. The van der Waals surface area contributed by atoms with Crippen molar-refractivity contribution in [1.29, 1.82) is 0 Å². The molecule has 0 saturated carbocycles. The SMILES string of the molecule is COc1ccc(O)c(C(c2ccccc2O)N(C)C)c1. The first-order valence-corrected chi connectivity index (χ1v) is 6.35. The third-order valence-corrected chi connectivity index (χ3v) is 3.28. The highest BCUT2D eigenvalue weighted by molar-refractivity contribution is 5.48. The van der Waals surface area contributed by atoms with Crippen molar-refractivity contribution < 1.29 is 14.9 Å². The highest BCUT2D eigenvalue weighted by atomic mass is 16.5. The molecule has 2 aromatic rings. The van der Waals surface area contributed by atoms with Gasteiger partial charge in [-0.3, -0.25) is 4.90 Å². The number of benzene rings is 2. The lowest BCUT2D eigenvalue weighted by Gasteiger charge is -2.26. The zero-order valence-corrected chi connectivity index (χ0v) is 11.9. The van der Waals surface area contributed by atoms with Crippen molar-refractivity contribution in [3.05, 3.63) is 53.6 Å². The Labute approximate surface area is 118 Å². The Morgan fingerprint density at radius 2 is 1.60 bits per heavy atom. The Morgan fingerprint density at radius 3 is 2.20 bits per heavy atom. The van der Waals surface area contributed by atoms with E-state index in [1.165, 1.54) is 0 Å². The summed E-state index contributed by atoms with van der Waals surface area (Å²) in [6.45, 7) is 0. The maximum atomic E-state index is 10.1. The Balaban J connectivity index is 2.57. The molecule has 1 atom stereocenters. The molecular weight excluding hydrogens is 254 g/mol. The Hall–Kier alpha value is -2.20. The number of ether oxygens (including phenoxy) is 1. The van der Waals surface area contributed by atoms with E-state index in [0.717, 1.165) is 5.56 Å². The fourth-order valence-electron chi connectivity index (χ4n) is 2.32. The van der Waals surface area contributed by atoms with Gasteiger partial charge in [-0.15, -0.1) is 0 Å². The standard InChI is InChI=1S/C16H19NO3/c1-17(2)16(12-6-4-5-7-14(12)18)13-10-11(20-3)8-9-15(13)19/h4-10,16,18-19H,1-3H3. The van der Waals surface area contributed by atoms with E-state index in [2.05, 4.69) is 0 Å². The van der Waals surface area contributed by atoms with Crippen LogP contribution < -0.4 is 4.74 Å². The van der Waals surface area contributed by atoms with Crippen molar-refractivity contribution in [3.63, 3.8) is 0 Å². The summed E-state index contributed by atoms with van der Waals surface area (Å²) in [6.07, 6.45) is 0. The fraction of sp³-hybridized carbons (Fsp3) is 0.250. The molecule has 4 nitrogen and oxygen atoms in total. The second kappa shape index (κ2) is 5.84. The van der Waals surface area contributed by atoms with Gasteiger partial charge in [-0.1, -0.05) is 18.2 Å². The summed E-state index contributed by atoms with van der Waals surface area (Å²) >= 11 is 0. The lowest BCUT2D eigenvalue weighted by atomic mass is 9.96. The number of hydrogen-bond donors (Lipinski definition) is 2. The van der Waals surface area contributed by atoms with Crippen LogP contribution in [0.2, 0.25) is 0 Å². The average Bonchev–Trinajstić information content (AvgIpc) is 2.43. The van der Waals surface area contributed by atoms with Crippen LogP contribution in [0.4, 0.5) is 0 Å². The molecule has 0 aromatic heterocycles. The summed E-state index contributed by atoms with van der Waals surface area (Å²) < 4.78 is 5.21. The van der Waals surface area contributed by atoms with E-state index < -0.39 is 0 Å². The third-order valence-electron chi connectivity index (χ3n) is 3.28. The molecule has 0 saturated heterocycles. The fourth-order valence-corrected chi connectivity index (χ4v) is 2.32. The maximum absolute atomic E-state index is 10.1. The summed E-state index contributed by atoms with van der Waals surface area (Å²) in [5, 5.41) is 20.2. The van der Waals surface area contributed by atoms with Crippen LogP contribution in [0.5, 0.6) is 17.2 Å². The van der Waals surface area contributed by atoms with Gasteiger partial charge in [0.1, 0.15) is 17.2 Å². The van der Waals surface area contributed by atoms with Gasteiger partial charge >= 0.3 is 0 Å². The summed E-state index contributed by atoms with van der Waals surface area (Å²) in [5.74, 6) is 1.04. The van der Waals surface area contributed by atoms with Gasteiger partial charge in [0, 0.05) is 11.1 Å². The number of methoxy groups -OCH3 is 1. The van der Waals surface area contributed by atoms with Crippen LogP contribution in [0.15, 0.2) is 42.5 Å². The summed E-state index contributed by atoms with van der Waals surface area (Å²) in [4.78, 5) is 1.93. The molecular formula is C16H19NO3. The average molecular weight is 273 g/mol. The van der Waals surface area contributed by atoms with E-state index in [1.807, 2.05) is 31.1 Å². The second-order valence-electron chi connectivity index (χ2n) is 4.85. The van der Waals surface area contributed by atoms with E-state index in [4.69, 9.17) is 4.74 Å². The van der Waals surface area contributed by atoms with Gasteiger partial charge in [-0.25, -0.2) is 0 Å². The number of phenolic OH excluding ortho intramolecular Hbond substituents is 2. The Morgan fingerprint density at radius 1 is 0.950 bits per heavy atom. The molecule has 0 aliphatic carbocycles. The maximum Gasteiger partial charge on any atom is 0.120 e. The topological polar surface area (TPSA) is 52.9 Å². The summed E-state index contributed by atoms with van der Waals surface area (Å²) in [7, 11) is 5.38. The van der Waals surface area contributed by atoms with Gasteiger partial charge in [0.2, 0.25) is 0 Å². The van der Waals surface area contributed by atoms with Crippen molar-refractivity contribution in [3.8, 4) is 17.2 Å². The van der Waals surface area contributed by atoms with E-state index >= 15 is 0 Å². The molecule has 2 N–H and O–H groups in total. The summed E-state index contributed by atoms with van der Waals surface area (Å²) in [6, 6.07) is 12.0. The van der Waals surface area contributed by atoms with Gasteiger partial charge < -0.3 is 14.9 Å². The largest absolute Gasteiger partial charge is 0.508 e. The molecule has 0 radical (unpaired) electrons. The van der Waals surface area contributed by atoms with Crippen molar-refractivity contribution in [1.82, 2.24) is 4.90 Å². The van der Waals surface area contributed by atoms with Crippen molar-refractivity contribution in [2.24, 2.45) is 0 Å². The van der Waals surface area contributed by atoms with E-state index in [-0.39, 0.29) is 17.5 Å². The second-order valence-corrected chi connectivity index (χ2v) is 4.85. The van der Waals surface area contributed by atoms with Gasteiger partial charge in [-0.05, 0) is 38.4 Å². The van der Waals surface area contributed by atoms with E-state index in [0.29, 0.717) is 11.3 Å². The van der Waals surface area contributed by atoms with Crippen LogP contribution in [0.1, 0.15) is 17.2 Å². The molecule has 0 aliphatic rings. The van der Waals surface area contributed by atoms with Crippen LogP contribution >= 0.6 is 0 Å². The molecule has 0 aliphatic heterocycles. The number of nitrogens with zero attached hydrogens (tertiary/aromatic N) is 1. The van der Waals surface area contributed by atoms with Gasteiger partial charge in [0.15, 0.2) is 0 Å². The van der Waals surface area contributed by atoms with Gasteiger partial charge in [0.05, 0.1) is 13.2 Å². The van der Waals surface area contributed by atoms with Crippen molar-refractivity contribution in [2.75, 3.05) is 21.2 Å². The number of aromatic hydroxyl groups is 2. The first-order valence-electron chi connectivity index (χ1n) is 6.35. The molecule has 4 heteroatoms. The number of phenols is 2. The minimum atomic E-state index is -0.258. The van der Waals surface area contributed by atoms with Crippen LogP contribution in [0, 0.1) is 0 Å². The quantitative estimate of drug-likeness (QED) is 0.899. The number of hydrogen-bond acceptors (Lipinski definition) is 4. The smallest absolute Gasteiger partial charge is 0.120 e. The monoisotopic (exact) mass is 273 g/mol. The predicted octanol–water partition coefficient (Wildman–Crippen LogP) is 2.76. The highest BCUT2D eigenvalue weighted by Gasteiger charge is 2.23. The molecule has 2 aromatic carbocycles. The molecule has 0 amide bonds. The summed E-state index contributed by atoms with van der Waals surface area (Å²) in [5.41, 5.74) is 1.43. The lowest BCUT2D eigenvalue weighted by molar-refractivity contribution is 0.320. The molecule has 0 bridgehead atoms. The molecule has 0 heterocycles. The van der Waals surface area contributed by atoms with Crippen molar-refractivity contribution in [2.45, 2.75) is 6.04 Å². The zero-order valence-electron chi connectivity index (χ0n) is 11.9. The molecule has 106 valence electrons. The van der Waals surface area contributed by atoms with Crippen LogP contribution in [0.25, 0.3) is 0 Å². The molecule has 2 rings (SSSR count). The minimum Gasteiger partial charge on any atom is -0.508 e. The van der Waals surface area contributed by atoms with E-state index in [1.54, 1.807) is 37.4 Å². The first-order chi connectivity index (χ1) is 9.54. The molecule has 20 heavy (non-hydrogen) atoms. The van der Waals surface area contributed by atoms with Crippen LogP contribution in [-0.4, -0.2) is 36.3 Å². The normalized spacial score (nSPS) is 12.4. The Bertz CT molecular complexity index is 596. The lowest BCUT2D eigenvalue weighted by Crippen LogP contribution is -2.21. The van der Waals surface area contributed by atoms with Crippen LogP contribution in [-0.2, 0) is 0 Å². The number of rotatable bonds is 4. The van der Waals surface area contributed by atoms with Crippen LogP contribution in [0.3, 0.4) is 0 Å². The predicted molar refractivity (Wildman–Crippen MR) is 78.3 cm³/mol.